The second-order valence-corrected chi connectivity index (χ2v) is 6.19. The summed E-state index contributed by atoms with van der Waals surface area (Å²) in [4.78, 5) is 29.0. The van der Waals surface area contributed by atoms with Crippen molar-refractivity contribution in [3.05, 3.63) is 34.7 Å². The lowest BCUT2D eigenvalue weighted by atomic mass is 10.0. The van der Waals surface area contributed by atoms with E-state index in [-0.39, 0.29) is 24.4 Å². The van der Waals surface area contributed by atoms with E-state index in [0.717, 1.165) is 36.8 Å². The summed E-state index contributed by atoms with van der Waals surface area (Å²) in [5, 5.41) is 12.1. The highest BCUT2D eigenvalue weighted by Gasteiger charge is 2.25. The SMILES string of the molecule is O=C(NCCn1c(=O)[nH]c2ccccc21)N1CCCCC1CCO. The van der Waals surface area contributed by atoms with Crippen molar-refractivity contribution in [1.29, 1.82) is 0 Å². The highest BCUT2D eigenvalue weighted by Crippen LogP contribution is 2.19. The molecule has 2 amide bonds. The Morgan fingerprint density at radius 3 is 3.00 bits per heavy atom. The van der Waals surface area contributed by atoms with Crippen molar-refractivity contribution in [3.63, 3.8) is 0 Å². The van der Waals surface area contributed by atoms with Gasteiger partial charge in [-0.05, 0) is 37.8 Å². The van der Waals surface area contributed by atoms with Gasteiger partial charge in [0.2, 0.25) is 0 Å². The number of hydrogen-bond acceptors (Lipinski definition) is 3. The van der Waals surface area contributed by atoms with Crippen LogP contribution < -0.4 is 11.0 Å². The Labute approximate surface area is 140 Å². The molecule has 7 nitrogen and oxygen atoms in total. The van der Waals surface area contributed by atoms with Crippen LogP contribution in [0.4, 0.5) is 4.79 Å². The molecule has 24 heavy (non-hydrogen) atoms. The number of hydrogen-bond donors (Lipinski definition) is 3. The van der Waals surface area contributed by atoms with Crippen molar-refractivity contribution < 1.29 is 9.90 Å². The lowest BCUT2D eigenvalue weighted by Gasteiger charge is -2.35. The first-order chi connectivity index (χ1) is 11.7. The quantitative estimate of drug-likeness (QED) is 0.770. The van der Waals surface area contributed by atoms with Crippen LogP contribution in [0.25, 0.3) is 11.0 Å². The largest absolute Gasteiger partial charge is 0.396 e. The van der Waals surface area contributed by atoms with E-state index in [4.69, 9.17) is 5.11 Å². The zero-order valence-electron chi connectivity index (χ0n) is 13.7. The number of amides is 2. The summed E-state index contributed by atoms with van der Waals surface area (Å²) in [6, 6.07) is 7.51. The molecule has 0 spiro atoms. The lowest BCUT2D eigenvalue weighted by molar-refractivity contribution is 0.132. The van der Waals surface area contributed by atoms with Gasteiger partial charge in [-0.3, -0.25) is 4.57 Å². The van der Waals surface area contributed by atoms with E-state index >= 15 is 0 Å². The van der Waals surface area contributed by atoms with Crippen LogP contribution in [-0.4, -0.2) is 51.3 Å². The number of H-pyrrole nitrogens is 1. The standard InChI is InChI=1S/C17H24N4O3/c22-12-8-13-5-3-4-10-20(13)16(23)18-9-11-21-15-7-2-1-6-14(15)19-17(21)24/h1-2,6-7,13,22H,3-5,8-12H2,(H,18,23)(H,19,24). The topological polar surface area (TPSA) is 90.4 Å². The molecule has 0 bridgehead atoms. The van der Waals surface area contributed by atoms with Crippen LogP contribution in [0.3, 0.4) is 0 Å². The average Bonchev–Trinajstić information content (AvgIpc) is 2.91. The molecule has 1 atom stereocenters. The molecule has 3 N–H and O–H groups in total. The molecule has 0 saturated carbocycles. The molecule has 130 valence electrons. The summed E-state index contributed by atoms with van der Waals surface area (Å²) in [6.07, 6.45) is 3.65. The van der Waals surface area contributed by atoms with Crippen LogP contribution in [0, 0.1) is 0 Å². The monoisotopic (exact) mass is 332 g/mol. The van der Waals surface area contributed by atoms with Crippen molar-refractivity contribution in [2.45, 2.75) is 38.3 Å². The van der Waals surface area contributed by atoms with Crippen molar-refractivity contribution in [1.82, 2.24) is 19.8 Å². The molecule has 1 saturated heterocycles. The van der Waals surface area contributed by atoms with Gasteiger partial charge < -0.3 is 20.3 Å². The molecule has 1 unspecified atom stereocenters. The molecule has 2 heterocycles. The number of carbonyl (C=O) groups is 1. The minimum atomic E-state index is -0.165. The molecule has 7 heteroatoms. The number of fused-ring (bicyclic) bond motifs is 1. The highest BCUT2D eigenvalue weighted by atomic mass is 16.3. The number of rotatable bonds is 5. The predicted octanol–water partition coefficient (Wildman–Crippen LogP) is 1.28. The summed E-state index contributed by atoms with van der Waals surface area (Å²) in [5.74, 6) is 0. The number of imidazole rings is 1. The Kier molecular flexibility index (Phi) is 5.20. The molecule has 1 aromatic carbocycles. The molecule has 1 fully saturated rings. The number of para-hydroxylation sites is 2. The normalized spacial score (nSPS) is 18.0. The maximum atomic E-state index is 12.4. The molecular weight excluding hydrogens is 308 g/mol. The second kappa shape index (κ2) is 7.53. The van der Waals surface area contributed by atoms with E-state index < -0.39 is 0 Å². The van der Waals surface area contributed by atoms with Gasteiger partial charge in [0.15, 0.2) is 0 Å². The van der Waals surface area contributed by atoms with Crippen molar-refractivity contribution in [2.24, 2.45) is 0 Å². The van der Waals surface area contributed by atoms with Crippen LogP contribution >= 0.6 is 0 Å². The van der Waals surface area contributed by atoms with Crippen LogP contribution in [0.15, 0.2) is 29.1 Å². The number of urea groups is 1. The zero-order valence-corrected chi connectivity index (χ0v) is 13.7. The fraction of sp³-hybridized carbons (Fsp3) is 0.529. The Bertz CT molecular complexity index is 750. The maximum Gasteiger partial charge on any atom is 0.326 e. The first-order valence-electron chi connectivity index (χ1n) is 8.53. The minimum Gasteiger partial charge on any atom is -0.396 e. The Hall–Kier alpha value is -2.28. The second-order valence-electron chi connectivity index (χ2n) is 6.19. The molecule has 0 aliphatic carbocycles. The first kappa shape index (κ1) is 16.6. The number of likely N-dealkylation sites (tertiary alicyclic amines) is 1. The highest BCUT2D eigenvalue weighted by molar-refractivity contribution is 5.75. The van der Waals surface area contributed by atoms with Gasteiger partial charge in [-0.2, -0.15) is 0 Å². The molecule has 1 aromatic heterocycles. The Balaban J connectivity index is 1.60. The molecule has 3 rings (SSSR count). The van der Waals surface area contributed by atoms with Gasteiger partial charge in [-0.1, -0.05) is 12.1 Å². The van der Waals surface area contributed by atoms with Gasteiger partial charge in [-0.25, -0.2) is 9.59 Å². The number of aromatic amines is 1. The third-order valence-electron chi connectivity index (χ3n) is 4.64. The van der Waals surface area contributed by atoms with Gasteiger partial charge in [0.1, 0.15) is 0 Å². The van der Waals surface area contributed by atoms with Crippen molar-refractivity contribution in [2.75, 3.05) is 19.7 Å². The summed E-state index contributed by atoms with van der Waals surface area (Å²) in [5.41, 5.74) is 1.47. The van der Waals surface area contributed by atoms with Crippen LogP contribution in [-0.2, 0) is 6.54 Å². The van der Waals surface area contributed by atoms with Crippen molar-refractivity contribution in [3.8, 4) is 0 Å². The van der Waals surface area contributed by atoms with E-state index in [0.29, 0.717) is 19.5 Å². The third-order valence-corrected chi connectivity index (χ3v) is 4.64. The van der Waals surface area contributed by atoms with Gasteiger partial charge in [0.05, 0.1) is 11.0 Å². The average molecular weight is 332 g/mol. The zero-order chi connectivity index (χ0) is 16.9. The molecule has 1 aliphatic rings. The number of aliphatic hydroxyl groups is 1. The van der Waals surface area contributed by atoms with Crippen LogP contribution in [0.1, 0.15) is 25.7 Å². The fourth-order valence-electron chi connectivity index (χ4n) is 3.42. The molecular formula is C17H24N4O3. The van der Waals surface area contributed by atoms with Crippen LogP contribution in [0.5, 0.6) is 0 Å². The molecule has 1 aliphatic heterocycles. The lowest BCUT2D eigenvalue weighted by Crippen LogP contribution is -2.49. The van der Waals surface area contributed by atoms with Gasteiger partial charge in [0, 0.05) is 32.3 Å². The van der Waals surface area contributed by atoms with E-state index in [1.165, 1.54) is 0 Å². The molecule has 0 radical (unpaired) electrons. The number of aliphatic hydroxyl groups excluding tert-OH is 1. The van der Waals surface area contributed by atoms with E-state index in [2.05, 4.69) is 10.3 Å². The van der Waals surface area contributed by atoms with E-state index in [1.54, 1.807) is 4.57 Å². The summed E-state index contributed by atoms with van der Waals surface area (Å²) in [6.45, 7) is 1.64. The predicted molar refractivity (Wildman–Crippen MR) is 92.0 cm³/mol. The third kappa shape index (κ3) is 3.46. The van der Waals surface area contributed by atoms with Crippen molar-refractivity contribution >= 4 is 17.1 Å². The number of aromatic nitrogens is 2. The van der Waals surface area contributed by atoms with E-state index in [9.17, 15) is 9.59 Å². The summed E-state index contributed by atoms with van der Waals surface area (Å²) >= 11 is 0. The van der Waals surface area contributed by atoms with Crippen LogP contribution in [0.2, 0.25) is 0 Å². The smallest absolute Gasteiger partial charge is 0.326 e. The Morgan fingerprint density at radius 2 is 2.17 bits per heavy atom. The molecule has 2 aromatic rings. The van der Waals surface area contributed by atoms with Gasteiger partial charge in [0.25, 0.3) is 0 Å². The van der Waals surface area contributed by atoms with Gasteiger partial charge in [-0.15, -0.1) is 0 Å². The summed E-state index contributed by atoms with van der Waals surface area (Å²) < 4.78 is 1.64. The number of nitrogens with zero attached hydrogens (tertiary/aromatic N) is 2. The minimum absolute atomic E-state index is 0.0964. The number of nitrogens with one attached hydrogen (secondary N) is 2. The Morgan fingerprint density at radius 1 is 1.33 bits per heavy atom. The number of carbonyl (C=O) groups excluding carboxylic acids is 1. The fourth-order valence-corrected chi connectivity index (χ4v) is 3.42. The summed E-state index contributed by atoms with van der Waals surface area (Å²) in [7, 11) is 0. The number of benzene rings is 1. The maximum absolute atomic E-state index is 12.4. The first-order valence-corrected chi connectivity index (χ1v) is 8.53. The van der Waals surface area contributed by atoms with Gasteiger partial charge >= 0.3 is 11.7 Å². The number of piperidine rings is 1. The van der Waals surface area contributed by atoms with E-state index in [1.807, 2.05) is 29.2 Å².